The molecule has 2 rings (SSSR count). The van der Waals surface area contributed by atoms with Gasteiger partial charge in [-0.25, -0.2) is 0 Å². The van der Waals surface area contributed by atoms with Gasteiger partial charge in [-0.15, -0.1) is 0 Å². The number of aliphatic carboxylic acids is 1. The Morgan fingerprint density at radius 1 is 1.25 bits per heavy atom. The molecule has 6 nitrogen and oxygen atoms in total. The second kappa shape index (κ2) is 8.15. The number of carboxylic acid groups (broad SMARTS) is 1. The lowest BCUT2D eigenvalue weighted by molar-refractivity contribution is -0.159. The van der Waals surface area contributed by atoms with Gasteiger partial charge in [-0.05, 0) is 37.0 Å². The third kappa shape index (κ3) is 4.26. The first-order valence-corrected chi connectivity index (χ1v) is 8.14. The van der Waals surface area contributed by atoms with Crippen LogP contribution < -0.4 is 4.74 Å². The van der Waals surface area contributed by atoms with Gasteiger partial charge in [0.05, 0.1) is 13.7 Å². The maximum atomic E-state index is 12.5. The van der Waals surface area contributed by atoms with Crippen LogP contribution in [0, 0.1) is 5.41 Å². The summed E-state index contributed by atoms with van der Waals surface area (Å²) in [4.78, 5) is 25.8. The van der Waals surface area contributed by atoms with Gasteiger partial charge in [0.25, 0.3) is 0 Å². The van der Waals surface area contributed by atoms with E-state index in [1.165, 1.54) is 7.11 Å². The third-order valence-electron chi connectivity index (χ3n) is 4.59. The highest BCUT2D eigenvalue weighted by Gasteiger charge is 2.43. The summed E-state index contributed by atoms with van der Waals surface area (Å²) < 4.78 is 10.2. The van der Waals surface area contributed by atoms with Crippen LogP contribution in [0.5, 0.6) is 5.75 Å². The second-order valence-electron chi connectivity index (χ2n) is 6.29. The Kier molecular flexibility index (Phi) is 6.20. The maximum absolute atomic E-state index is 12.5. The SMILES string of the molecule is COCC1(C(=O)O)CCCN(C(=O)CCc2ccc(OC)cc2)C1. The standard InChI is InChI=1S/C18H25NO5/c1-23-13-18(17(21)22)10-3-11-19(12-18)16(20)9-6-14-4-7-15(24-2)8-5-14/h4-5,7-8H,3,6,9-13H2,1-2H3,(H,21,22). The summed E-state index contributed by atoms with van der Waals surface area (Å²) in [5.41, 5.74) is 0.0746. The molecule has 6 heteroatoms. The summed E-state index contributed by atoms with van der Waals surface area (Å²) in [5, 5.41) is 9.55. The molecule has 1 aromatic rings. The lowest BCUT2D eigenvalue weighted by Crippen LogP contribution is -2.52. The molecule has 0 aromatic heterocycles. The summed E-state index contributed by atoms with van der Waals surface area (Å²) in [7, 11) is 3.11. The summed E-state index contributed by atoms with van der Waals surface area (Å²) in [5.74, 6) is -0.115. The zero-order valence-corrected chi connectivity index (χ0v) is 14.3. The van der Waals surface area contributed by atoms with E-state index in [1.54, 1.807) is 12.0 Å². The van der Waals surface area contributed by atoms with Crippen LogP contribution in [0.3, 0.4) is 0 Å². The highest BCUT2D eigenvalue weighted by atomic mass is 16.5. The molecule has 0 bridgehead atoms. The number of hydrogen-bond acceptors (Lipinski definition) is 4. The molecule has 1 fully saturated rings. The average molecular weight is 335 g/mol. The fourth-order valence-electron chi connectivity index (χ4n) is 3.18. The van der Waals surface area contributed by atoms with E-state index in [-0.39, 0.29) is 19.1 Å². The molecule has 24 heavy (non-hydrogen) atoms. The normalized spacial score (nSPS) is 20.7. The van der Waals surface area contributed by atoms with E-state index >= 15 is 0 Å². The molecule has 0 radical (unpaired) electrons. The van der Waals surface area contributed by atoms with Crippen LogP contribution in [0.1, 0.15) is 24.8 Å². The van der Waals surface area contributed by atoms with Crippen LogP contribution >= 0.6 is 0 Å². The van der Waals surface area contributed by atoms with Crippen molar-refractivity contribution in [1.29, 1.82) is 0 Å². The molecular weight excluding hydrogens is 310 g/mol. The number of piperidine rings is 1. The smallest absolute Gasteiger partial charge is 0.313 e. The van der Waals surface area contributed by atoms with Gasteiger partial charge < -0.3 is 19.5 Å². The van der Waals surface area contributed by atoms with Crippen molar-refractivity contribution >= 4 is 11.9 Å². The van der Waals surface area contributed by atoms with Gasteiger partial charge in [0.1, 0.15) is 11.2 Å². The van der Waals surface area contributed by atoms with E-state index in [0.717, 1.165) is 11.3 Å². The van der Waals surface area contributed by atoms with E-state index in [2.05, 4.69) is 0 Å². The van der Waals surface area contributed by atoms with Gasteiger partial charge in [0, 0.05) is 26.6 Å². The Hall–Kier alpha value is -2.08. The van der Waals surface area contributed by atoms with E-state index in [4.69, 9.17) is 9.47 Å². The van der Waals surface area contributed by atoms with E-state index in [0.29, 0.717) is 32.2 Å². The van der Waals surface area contributed by atoms with Crippen molar-refractivity contribution in [2.75, 3.05) is 33.9 Å². The lowest BCUT2D eigenvalue weighted by atomic mass is 9.80. The molecule has 132 valence electrons. The number of aryl methyl sites for hydroxylation is 1. The molecule has 1 aromatic carbocycles. The lowest BCUT2D eigenvalue weighted by Gasteiger charge is -2.39. The average Bonchev–Trinajstić information content (AvgIpc) is 2.60. The summed E-state index contributed by atoms with van der Waals surface area (Å²) in [6.07, 6.45) is 2.22. The highest BCUT2D eigenvalue weighted by molar-refractivity contribution is 5.80. The third-order valence-corrected chi connectivity index (χ3v) is 4.59. The van der Waals surface area contributed by atoms with Crippen molar-refractivity contribution in [3.8, 4) is 5.75 Å². The Morgan fingerprint density at radius 2 is 1.96 bits per heavy atom. The molecule has 0 spiro atoms. The van der Waals surface area contributed by atoms with Crippen LogP contribution in [-0.4, -0.2) is 55.8 Å². The predicted molar refractivity (Wildman–Crippen MR) is 89.1 cm³/mol. The minimum absolute atomic E-state index is 0.00718. The van der Waals surface area contributed by atoms with Crippen molar-refractivity contribution in [3.63, 3.8) is 0 Å². The molecule has 0 saturated carbocycles. The van der Waals surface area contributed by atoms with E-state index in [9.17, 15) is 14.7 Å². The molecular formula is C18H25NO5. The predicted octanol–water partition coefficient (Wildman–Crippen LogP) is 1.97. The first-order valence-electron chi connectivity index (χ1n) is 8.14. The van der Waals surface area contributed by atoms with E-state index in [1.807, 2.05) is 24.3 Å². The number of carbonyl (C=O) groups is 2. The highest BCUT2D eigenvalue weighted by Crippen LogP contribution is 2.31. The minimum atomic E-state index is -0.983. The number of rotatable bonds is 7. The fourth-order valence-corrected chi connectivity index (χ4v) is 3.18. The number of benzene rings is 1. The van der Waals surface area contributed by atoms with Crippen molar-refractivity contribution in [2.45, 2.75) is 25.7 Å². The molecule has 1 saturated heterocycles. The van der Waals surface area contributed by atoms with Gasteiger partial charge in [-0.3, -0.25) is 9.59 Å². The number of nitrogens with zero attached hydrogens (tertiary/aromatic N) is 1. The topological polar surface area (TPSA) is 76.1 Å². The van der Waals surface area contributed by atoms with Gasteiger partial charge in [0.15, 0.2) is 0 Å². The zero-order chi connectivity index (χ0) is 17.6. The van der Waals surface area contributed by atoms with Gasteiger partial charge in [-0.1, -0.05) is 12.1 Å². The van der Waals surface area contributed by atoms with Gasteiger partial charge >= 0.3 is 5.97 Å². The number of hydrogen-bond donors (Lipinski definition) is 1. The van der Waals surface area contributed by atoms with Crippen LogP contribution in [-0.2, 0) is 20.7 Å². The van der Waals surface area contributed by atoms with Crippen LogP contribution in [0.2, 0.25) is 0 Å². The number of carboxylic acids is 1. The molecule has 1 N–H and O–H groups in total. The molecule has 1 aliphatic heterocycles. The second-order valence-corrected chi connectivity index (χ2v) is 6.29. The van der Waals surface area contributed by atoms with Crippen molar-refractivity contribution in [3.05, 3.63) is 29.8 Å². The number of methoxy groups -OCH3 is 2. The molecule has 1 aliphatic rings. The summed E-state index contributed by atoms with van der Waals surface area (Å²) in [6.45, 7) is 0.961. The first-order chi connectivity index (χ1) is 11.5. The largest absolute Gasteiger partial charge is 0.497 e. The number of ether oxygens (including phenoxy) is 2. The van der Waals surface area contributed by atoms with Gasteiger partial charge in [0.2, 0.25) is 5.91 Å². The van der Waals surface area contributed by atoms with Gasteiger partial charge in [-0.2, -0.15) is 0 Å². The minimum Gasteiger partial charge on any atom is -0.497 e. The molecule has 0 aliphatic carbocycles. The van der Waals surface area contributed by atoms with Crippen LogP contribution in [0.4, 0.5) is 0 Å². The quantitative estimate of drug-likeness (QED) is 0.824. The monoisotopic (exact) mass is 335 g/mol. The van der Waals surface area contributed by atoms with E-state index < -0.39 is 11.4 Å². The Morgan fingerprint density at radius 3 is 2.54 bits per heavy atom. The summed E-state index contributed by atoms with van der Waals surface area (Å²) >= 11 is 0. The molecule has 1 heterocycles. The number of carbonyl (C=O) groups excluding carboxylic acids is 1. The molecule has 1 unspecified atom stereocenters. The summed E-state index contributed by atoms with van der Waals surface area (Å²) in [6, 6.07) is 7.62. The Bertz CT molecular complexity index is 567. The maximum Gasteiger partial charge on any atom is 0.313 e. The van der Waals surface area contributed by atoms with Crippen LogP contribution in [0.25, 0.3) is 0 Å². The Balaban J connectivity index is 1.94. The zero-order valence-electron chi connectivity index (χ0n) is 14.3. The molecule has 1 amide bonds. The number of amides is 1. The van der Waals surface area contributed by atoms with Crippen molar-refractivity contribution in [1.82, 2.24) is 4.90 Å². The molecule has 1 atom stereocenters. The van der Waals surface area contributed by atoms with Crippen LogP contribution in [0.15, 0.2) is 24.3 Å². The van der Waals surface area contributed by atoms with Crippen molar-refractivity contribution < 1.29 is 24.2 Å². The first kappa shape index (κ1) is 18.3. The Labute approximate surface area is 142 Å². The fraction of sp³-hybridized carbons (Fsp3) is 0.556. The van der Waals surface area contributed by atoms with Crippen molar-refractivity contribution in [2.24, 2.45) is 5.41 Å². The number of likely N-dealkylation sites (tertiary alicyclic amines) is 1.